The molecule has 0 saturated carbocycles. The van der Waals surface area contributed by atoms with Crippen LogP contribution in [0.25, 0.3) is 11.8 Å². The van der Waals surface area contributed by atoms with Gasteiger partial charge in [-0.05, 0) is 72.5 Å². The number of piperazine rings is 1. The lowest BCUT2D eigenvalue weighted by Crippen LogP contribution is -2.49. The van der Waals surface area contributed by atoms with Gasteiger partial charge in [0.2, 0.25) is 10.0 Å². The average Bonchev–Trinajstić information content (AvgIpc) is 3.84. The van der Waals surface area contributed by atoms with E-state index in [4.69, 9.17) is 15.2 Å². The van der Waals surface area contributed by atoms with E-state index >= 15 is 0 Å². The van der Waals surface area contributed by atoms with E-state index in [0.29, 0.717) is 54.6 Å². The molecule has 0 amide bonds. The van der Waals surface area contributed by atoms with E-state index in [-0.39, 0.29) is 47.2 Å². The Morgan fingerprint density at radius 3 is 2.49 bits per heavy atom. The number of rotatable bonds is 12. The second kappa shape index (κ2) is 13.2. The predicted octanol–water partition coefficient (Wildman–Crippen LogP) is 4.16. The fourth-order valence-electron chi connectivity index (χ4n) is 7.25. The van der Waals surface area contributed by atoms with Gasteiger partial charge in [0.15, 0.2) is 27.2 Å². The summed E-state index contributed by atoms with van der Waals surface area (Å²) in [5.41, 5.74) is 10.6. The van der Waals surface area contributed by atoms with Crippen molar-refractivity contribution in [3.63, 3.8) is 0 Å². The highest BCUT2D eigenvalue weighted by Gasteiger charge is 2.46. The Morgan fingerprint density at radius 1 is 1.02 bits per heavy atom. The fourth-order valence-corrected chi connectivity index (χ4v) is 9.17. The Balaban J connectivity index is 1.06. The number of sulfone groups is 1. The summed E-state index contributed by atoms with van der Waals surface area (Å²) in [5, 5.41) is 4.40. The van der Waals surface area contributed by atoms with Crippen LogP contribution in [0.15, 0.2) is 66.4 Å². The number of aromatic nitrogens is 2. The highest BCUT2D eigenvalue weighted by molar-refractivity contribution is 7.89. The molecule has 1 aliphatic carbocycles. The molecule has 2 N–H and O–H groups in total. The second-order valence-corrected chi connectivity index (χ2v) is 17.5. The number of benzene rings is 3. The lowest BCUT2D eigenvalue weighted by Gasteiger charge is -2.32. The van der Waals surface area contributed by atoms with E-state index < -0.39 is 25.7 Å². The minimum Gasteiger partial charge on any atom is -0.492 e. The number of likely N-dealkylation sites (tertiary alicyclic amines) is 1. The van der Waals surface area contributed by atoms with Crippen molar-refractivity contribution in [2.45, 2.75) is 37.6 Å². The van der Waals surface area contributed by atoms with Crippen molar-refractivity contribution in [1.82, 2.24) is 19.0 Å². The number of hydrogen-bond acceptors (Lipinski definition) is 10. The number of aryl methyl sites for hydroxylation is 1. The molecule has 2 fully saturated rings. The normalized spacial score (nSPS) is 18.9. The molecule has 2 saturated heterocycles. The van der Waals surface area contributed by atoms with Crippen molar-refractivity contribution >= 4 is 37.5 Å². The largest absolute Gasteiger partial charge is 0.492 e. The van der Waals surface area contributed by atoms with Crippen molar-refractivity contribution in [1.29, 1.82) is 0 Å². The van der Waals surface area contributed by atoms with Crippen molar-refractivity contribution in [2.75, 3.05) is 44.5 Å². The predicted molar refractivity (Wildman–Crippen MR) is 191 cm³/mol. The number of ketones is 1. The van der Waals surface area contributed by atoms with Crippen molar-refractivity contribution in [3.8, 4) is 22.9 Å². The fraction of sp³-hybridized carbons (Fsp3) is 0.333. The van der Waals surface area contributed by atoms with Gasteiger partial charge in [0, 0.05) is 55.5 Å². The molecule has 2 aliphatic heterocycles. The number of halogens is 1. The summed E-state index contributed by atoms with van der Waals surface area (Å²) in [7, 11) is -6.64. The molecule has 3 aliphatic rings. The van der Waals surface area contributed by atoms with E-state index in [1.807, 2.05) is 6.92 Å². The molecule has 7 rings (SSSR count). The van der Waals surface area contributed by atoms with Gasteiger partial charge in [0.25, 0.3) is 0 Å². The number of hydrogen-bond donors (Lipinski definition) is 1. The second-order valence-electron chi connectivity index (χ2n) is 13.5. The Kier molecular flexibility index (Phi) is 9.02. The maximum Gasteiger partial charge on any atom is 0.211 e. The zero-order valence-electron chi connectivity index (χ0n) is 28.4. The SMILES string of the molecule is Cc1cc(Oc2ccccc2F)ccc1-n1ncc(C(=O)C2=Cc3cc(OCCN4C[C@@H]5C[C@H]4CN5S(C)(=O)=O)c(CS(C)(=O)=O)cc3C2)c1N. The Morgan fingerprint density at radius 2 is 1.80 bits per heavy atom. The summed E-state index contributed by atoms with van der Waals surface area (Å²) in [4.78, 5) is 16.0. The molecule has 268 valence electrons. The van der Waals surface area contributed by atoms with Crippen molar-refractivity contribution in [2.24, 2.45) is 0 Å². The summed E-state index contributed by atoms with van der Waals surface area (Å²) in [5.74, 6) is 0.109. The number of nitrogens with two attached hydrogens (primary N) is 1. The topological polar surface area (TPSA) is 154 Å². The quantitative estimate of drug-likeness (QED) is 0.210. The van der Waals surface area contributed by atoms with E-state index in [1.54, 1.807) is 52.8 Å². The molecule has 1 aromatic heterocycles. The van der Waals surface area contributed by atoms with Gasteiger partial charge in [-0.15, -0.1) is 0 Å². The molecular weight excluding hydrogens is 698 g/mol. The Hall–Kier alpha value is -4.57. The monoisotopic (exact) mass is 735 g/mol. The number of para-hydroxylation sites is 1. The van der Waals surface area contributed by atoms with E-state index in [9.17, 15) is 26.0 Å². The summed E-state index contributed by atoms with van der Waals surface area (Å²) >= 11 is 0. The molecule has 12 nitrogen and oxygen atoms in total. The van der Waals surface area contributed by atoms with Gasteiger partial charge in [-0.25, -0.2) is 25.9 Å². The number of nitrogen functional groups attached to an aromatic ring is 1. The van der Waals surface area contributed by atoms with Gasteiger partial charge >= 0.3 is 0 Å². The smallest absolute Gasteiger partial charge is 0.211 e. The van der Waals surface area contributed by atoms with Crippen LogP contribution in [-0.4, -0.2) is 92.4 Å². The highest BCUT2D eigenvalue weighted by atomic mass is 32.2. The zero-order valence-corrected chi connectivity index (χ0v) is 30.0. The minimum absolute atomic E-state index is 0.0377. The van der Waals surface area contributed by atoms with Gasteiger partial charge in [-0.2, -0.15) is 9.40 Å². The molecule has 0 spiro atoms. The zero-order chi connectivity index (χ0) is 36.2. The van der Waals surface area contributed by atoms with Gasteiger partial charge < -0.3 is 15.2 Å². The third-order valence-corrected chi connectivity index (χ3v) is 11.8. The molecular formula is C36H38FN5O7S2. The van der Waals surface area contributed by atoms with E-state index in [1.165, 1.54) is 29.3 Å². The van der Waals surface area contributed by atoms with Crippen molar-refractivity contribution < 1.29 is 35.5 Å². The number of ether oxygens (including phenoxy) is 2. The highest BCUT2D eigenvalue weighted by Crippen LogP contribution is 2.36. The van der Waals surface area contributed by atoms with Crippen LogP contribution in [0.4, 0.5) is 10.2 Å². The van der Waals surface area contributed by atoms with E-state index in [0.717, 1.165) is 29.4 Å². The van der Waals surface area contributed by atoms with Crippen LogP contribution in [0.3, 0.4) is 0 Å². The van der Waals surface area contributed by atoms with Crippen LogP contribution >= 0.6 is 0 Å². The summed E-state index contributed by atoms with van der Waals surface area (Å²) in [6.45, 7) is 3.78. The van der Waals surface area contributed by atoms with Crippen LogP contribution in [-0.2, 0) is 32.0 Å². The Bertz CT molecular complexity index is 2310. The molecule has 51 heavy (non-hydrogen) atoms. The number of Topliss-reactive ketones (excluding diaryl/α,β-unsaturated/α-hetero) is 1. The maximum atomic E-state index is 14.1. The summed E-state index contributed by atoms with van der Waals surface area (Å²) in [6.07, 6.45) is 6.67. The van der Waals surface area contributed by atoms with Gasteiger partial charge in [0.1, 0.15) is 23.9 Å². The third kappa shape index (κ3) is 7.16. The number of sulfonamides is 1. The average molecular weight is 736 g/mol. The van der Waals surface area contributed by atoms with Crippen LogP contribution < -0.4 is 15.2 Å². The lowest BCUT2D eigenvalue weighted by atomic mass is 10.0. The standard InChI is InChI=1S/C36H38FN5O7S2/c1-22-12-29(49-33-7-5-4-6-31(33)37)8-9-32(22)42-36(38)30(18-39-42)35(43)25-13-23-15-26(21-50(2,44)45)34(16-24(23)14-25)48-11-10-40-19-28-17-27(40)20-41(28)51(3,46)47/h4-9,12,14-16,18,27-28H,10-11,13,17,19-21,38H2,1-3H3/t27-,28-/m0/s1. The first-order chi connectivity index (χ1) is 24.1. The first kappa shape index (κ1) is 34.9. The molecule has 3 heterocycles. The van der Waals surface area contributed by atoms with Crippen LogP contribution in [0.5, 0.6) is 17.2 Å². The number of anilines is 1. The molecule has 15 heteroatoms. The summed E-state index contributed by atoms with van der Waals surface area (Å²) in [6, 6.07) is 14.9. The molecule has 0 unspecified atom stereocenters. The van der Waals surface area contributed by atoms with Gasteiger partial charge in [-0.1, -0.05) is 18.2 Å². The minimum atomic E-state index is -3.40. The van der Waals surface area contributed by atoms with Gasteiger partial charge in [0.05, 0.1) is 29.5 Å². The number of carbonyl (C=O) groups is 1. The lowest BCUT2D eigenvalue weighted by molar-refractivity contribution is 0.103. The maximum absolute atomic E-state index is 14.1. The van der Waals surface area contributed by atoms with Crippen LogP contribution in [0.1, 0.15) is 39.0 Å². The number of allylic oxidation sites excluding steroid dienone is 1. The first-order valence-electron chi connectivity index (χ1n) is 16.4. The Labute approximate surface area is 296 Å². The molecule has 0 radical (unpaired) electrons. The van der Waals surface area contributed by atoms with E-state index in [2.05, 4.69) is 10.00 Å². The van der Waals surface area contributed by atoms with Crippen LogP contribution in [0.2, 0.25) is 0 Å². The van der Waals surface area contributed by atoms with Crippen LogP contribution in [0, 0.1) is 12.7 Å². The van der Waals surface area contributed by atoms with Crippen molar-refractivity contribution in [3.05, 3.63) is 100 Å². The third-order valence-electron chi connectivity index (χ3n) is 9.62. The van der Waals surface area contributed by atoms with Gasteiger partial charge in [-0.3, -0.25) is 9.69 Å². The first-order valence-corrected chi connectivity index (χ1v) is 20.3. The number of fused-ring (bicyclic) bond motifs is 3. The number of nitrogens with zero attached hydrogens (tertiary/aromatic N) is 4. The summed E-state index contributed by atoms with van der Waals surface area (Å²) < 4.78 is 77.8. The molecule has 2 atom stereocenters. The number of carbonyl (C=O) groups excluding carboxylic acids is 1. The molecule has 2 bridgehead atoms. The molecule has 3 aromatic carbocycles. The molecule has 4 aromatic rings.